The van der Waals surface area contributed by atoms with Crippen molar-refractivity contribution in [1.29, 1.82) is 0 Å². The Morgan fingerprint density at radius 1 is 0.351 bits per heavy atom. The molecule has 2 heterocycles. The lowest BCUT2D eigenvalue weighted by Gasteiger charge is -2.26. The van der Waals surface area contributed by atoms with Gasteiger partial charge in [-0.25, -0.2) is 0 Å². The highest BCUT2D eigenvalue weighted by molar-refractivity contribution is 6.26. The van der Waals surface area contributed by atoms with E-state index in [0.717, 1.165) is 41.3 Å². The fourth-order valence-corrected chi connectivity index (χ4v) is 9.76. The maximum absolute atomic E-state index is 2.55. The molecule has 0 unspecified atom stereocenters. The number of hydrogen-bond acceptors (Lipinski definition) is 1. The van der Waals surface area contributed by atoms with E-state index in [1.54, 1.807) is 0 Å². The van der Waals surface area contributed by atoms with Crippen molar-refractivity contribution in [1.82, 2.24) is 9.13 Å². The molecule has 0 saturated carbocycles. The summed E-state index contributed by atoms with van der Waals surface area (Å²) in [6, 6.07) is 73.2. The average molecular weight is 728 g/mol. The molecule has 2 aromatic heterocycles. The molecule has 9 aromatic carbocycles. The van der Waals surface area contributed by atoms with Gasteiger partial charge in [0.05, 0.1) is 22.1 Å². The largest absolute Gasteiger partial charge is 0.310 e. The van der Waals surface area contributed by atoms with Crippen LogP contribution in [-0.2, 0) is 12.8 Å². The fraction of sp³-hybridized carbons (Fsp3) is 0.0370. The van der Waals surface area contributed by atoms with E-state index in [1.165, 1.54) is 76.6 Å². The summed E-state index contributed by atoms with van der Waals surface area (Å²) >= 11 is 0. The zero-order chi connectivity index (χ0) is 37.5. The van der Waals surface area contributed by atoms with Gasteiger partial charge in [-0.15, -0.1) is 0 Å². The monoisotopic (exact) mass is 727 g/mol. The van der Waals surface area contributed by atoms with Crippen LogP contribution in [0.1, 0.15) is 22.3 Å². The molecule has 3 nitrogen and oxygen atoms in total. The molecule has 3 heteroatoms. The van der Waals surface area contributed by atoms with Crippen LogP contribution in [0.2, 0.25) is 0 Å². The lowest BCUT2D eigenvalue weighted by molar-refractivity contribution is 1.03. The zero-order valence-corrected chi connectivity index (χ0v) is 31.3. The minimum atomic E-state index is 0.886. The van der Waals surface area contributed by atoms with Crippen LogP contribution in [0.4, 0.5) is 17.1 Å². The first-order chi connectivity index (χ1) is 28.3. The molecule has 0 atom stereocenters. The molecule has 0 fully saturated rings. The zero-order valence-electron chi connectivity index (χ0n) is 31.3. The Hall–Kier alpha value is -7.36. The van der Waals surface area contributed by atoms with Crippen molar-refractivity contribution in [3.63, 3.8) is 0 Å². The number of para-hydroxylation sites is 5. The standard InChI is InChI=1S/C54H37N3/c1-4-19-40(20-5-1)55(41-21-6-2-7-22-41)43-25-16-26-44(35-43)57-50-30-15-13-28-46(50)52-48-34-39-32-37-18-11-10-17-36(37)31-38(39)33-47(48)51-45-27-12-14-29-49(45)56(53(51)54(52)57)42-23-8-3-9-24-42/h1-32,35H,33-34H2. The van der Waals surface area contributed by atoms with Crippen LogP contribution in [0, 0.1) is 0 Å². The highest BCUT2D eigenvalue weighted by Gasteiger charge is 2.30. The Morgan fingerprint density at radius 2 is 0.772 bits per heavy atom. The predicted molar refractivity (Wildman–Crippen MR) is 239 cm³/mol. The Bertz CT molecular complexity index is 3300. The van der Waals surface area contributed by atoms with Crippen LogP contribution >= 0.6 is 0 Å². The van der Waals surface area contributed by atoms with Gasteiger partial charge < -0.3 is 14.0 Å². The summed E-state index contributed by atoms with van der Waals surface area (Å²) in [6.45, 7) is 0. The minimum absolute atomic E-state index is 0.886. The fourth-order valence-electron chi connectivity index (χ4n) is 9.76. The summed E-state index contributed by atoms with van der Waals surface area (Å²) in [5.74, 6) is 0. The maximum atomic E-state index is 2.55. The van der Waals surface area contributed by atoms with Crippen molar-refractivity contribution in [3.05, 3.63) is 222 Å². The normalized spacial score (nSPS) is 12.4. The van der Waals surface area contributed by atoms with Gasteiger partial charge in [0.2, 0.25) is 0 Å². The molecular formula is C54H37N3. The van der Waals surface area contributed by atoms with Crippen LogP contribution in [-0.4, -0.2) is 9.13 Å². The highest BCUT2D eigenvalue weighted by Crippen LogP contribution is 2.49. The second kappa shape index (κ2) is 12.6. The SMILES string of the molecule is c1ccc(N(c2ccccc2)c2cccc(-n3c4ccccc4c4c5c(c6c7ccccc7n(-c7ccccc7)c6c43)Cc3cc4ccccc4cc3C5)c2)cc1. The van der Waals surface area contributed by atoms with E-state index < -0.39 is 0 Å². The summed E-state index contributed by atoms with van der Waals surface area (Å²) in [5.41, 5.74) is 16.3. The first kappa shape index (κ1) is 31.9. The summed E-state index contributed by atoms with van der Waals surface area (Å²) in [4.78, 5) is 2.36. The Balaban J connectivity index is 1.23. The van der Waals surface area contributed by atoms with E-state index in [0.29, 0.717) is 0 Å². The second-order valence-electron chi connectivity index (χ2n) is 15.3. The highest BCUT2D eigenvalue weighted by atomic mass is 15.1. The van der Waals surface area contributed by atoms with Gasteiger partial charge in [-0.1, -0.05) is 133 Å². The number of nitrogens with zero attached hydrogens (tertiary/aromatic N) is 3. The van der Waals surface area contributed by atoms with Crippen molar-refractivity contribution in [2.24, 2.45) is 0 Å². The van der Waals surface area contributed by atoms with Crippen LogP contribution in [0.15, 0.2) is 200 Å². The number of rotatable bonds is 5. The van der Waals surface area contributed by atoms with Crippen molar-refractivity contribution in [2.45, 2.75) is 12.8 Å². The number of hydrogen-bond donors (Lipinski definition) is 0. The van der Waals surface area contributed by atoms with E-state index >= 15 is 0 Å². The first-order valence-corrected chi connectivity index (χ1v) is 19.9. The van der Waals surface area contributed by atoms with Gasteiger partial charge in [0.1, 0.15) is 0 Å². The molecule has 57 heavy (non-hydrogen) atoms. The van der Waals surface area contributed by atoms with Crippen molar-refractivity contribution < 1.29 is 0 Å². The van der Waals surface area contributed by atoms with Gasteiger partial charge in [-0.05, 0) is 113 Å². The molecule has 12 rings (SSSR count). The van der Waals surface area contributed by atoms with Crippen molar-refractivity contribution in [3.8, 4) is 11.4 Å². The summed E-state index contributed by atoms with van der Waals surface area (Å²) in [5, 5.41) is 7.89. The summed E-state index contributed by atoms with van der Waals surface area (Å²) < 4.78 is 5.09. The van der Waals surface area contributed by atoms with E-state index in [4.69, 9.17) is 0 Å². The van der Waals surface area contributed by atoms with Crippen LogP contribution in [0.3, 0.4) is 0 Å². The molecule has 0 N–H and O–H groups in total. The number of anilines is 3. The molecule has 0 saturated heterocycles. The molecule has 0 amide bonds. The molecule has 1 aliphatic carbocycles. The molecule has 0 radical (unpaired) electrons. The topological polar surface area (TPSA) is 13.1 Å². The van der Waals surface area contributed by atoms with E-state index in [-0.39, 0.29) is 0 Å². The van der Waals surface area contributed by atoms with Crippen LogP contribution < -0.4 is 4.90 Å². The maximum Gasteiger partial charge on any atom is 0.0792 e. The molecule has 0 spiro atoms. The van der Waals surface area contributed by atoms with Gasteiger partial charge in [-0.2, -0.15) is 0 Å². The molecule has 11 aromatic rings. The Kier molecular flexibility index (Phi) is 7.05. The Labute approximate surface area is 330 Å². The van der Waals surface area contributed by atoms with Gasteiger partial charge >= 0.3 is 0 Å². The molecular weight excluding hydrogens is 691 g/mol. The van der Waals surface area contributed by atoms with Gasteiger partial charge in [0, 0.05) is 50.0 Å². The predicted octanol–water partition coefficient (Wildman–Crippen LogP) is 14.0. The molecule has 268 valence electrons. The van der Waals surface area contributed by atoms with Crippen LogP contribution in [0.5, 0.6) is 0 Å². The average Bonchev–Trinajstić information content (AvgIpc) is 3.81. The molecule has 1 aliphatic rings. The Morgan fingerprint density at radius 3 is 1.32 bits per heavy atom. The number of aromatic nitrogens is 2. The van der Waals surface area contributed by atoms with Crippen LogP contribution in [0.25, 0.3) is 65.8 Å². The van der Waals surface area contributed by atoms with Crippen molar-refractivity contribution in [2.75, 3.05) is 4.90 Å². The van der Waals surface area contributed by atoms with E-state index in [2.05, 4.69) is 214 Å². The van der Waals surface area contributed by atoms with E-state index in [1.807, 2.05) is 0 Å². The first-order valence-electron chi connectivity index (χ1n) is 19.9. The molecule has 0 aliphatic heterocycles. The minimum Gasteiger partial charge on any atom is -0.310 e. The van der Waals surface area contributed by atoms with Crippen molar-refractivity contribution >= 4 is 71.4 Å². The smallest absolute Gasteiger partial charge is 0.0792 e. The summed E-state index contributed by atoms with van der Waals surface area (Å²) in [7, 11) is 0. The van der Waals surface area contributed by atoms with Gasteiger partial charge in [0.25, 0.3) is 0 Å². The third-order valence-corrected chi connectivity index (χ3v) is 12.1. The van der Waals surface area contributed by atoms with Gasteiger partial charge in [0.15, 0.2) is 0 Å². The lowest BCUT2D eigenvalue weighted by Crippen LogP contribution is -2.11. The number of fused-ring (bicyclic) bond motifs is 12. The summed E-state index contributed by atoms with van der Waals surface area (Å²) in [6.07, 6.45) is 1.78. The third kappa shape index (κ3) is 4.85. The second-order valence-corrected chi connectivity index (χ2v) is 15.3. The number of benzene rings is 9. The quantitative estimate of drug-likeness (QED) is 0.172. The van der Waals surface area contributed by atoms with Gasteiger partial charge in [-0.3, -0.25) is 0 Å². The van der Waals surface area contributed by atoms with E-state index in [9.17, 15) is 0 Å². The molecule has 0 bridgehead atoms. The third-order valence-electron chi connectivity index (χ3n) is 12.1. The lowest BCUT2D eigenvalue weighted by atomic mass is 9.80.